The van der Waals surface area contributed by atoms with Crippen LogP contribution in [0.5, 0.6) is 11.5 Å². The van der Waals surface area contributed by atoms with Gasteiger partial charge in [0.25, 0.3) is 11.8 Å². The molecule has 1 aliphatic rings. The second-order valence-electron chi connectivity index (χ2n) is 15.4. The molecule has 1 fully saturated rings. The quantitative estimate of drug-likeness (QED) is 0.0472. The van der Waals surface area contributed by atoms with Crippen molar-refractivity contribution >= 4 is 63.5 Å². The number of amides is 5. The number of benzene rings is 2. The summed E-state index contributed by atoms with van der Waals surface area (Å²) >= 11 is 0. The number of imidazole rings is 2. The van der Waals surface area contributed by atoms with Crippen LogP contribution in [0.3, 0.4) is 0 Å². The molecule has 1 aliphatic heterocycles. The van der Waals surface area contributed by atoms with Gasteiger partial charge in [-0.05, 0) is 70.5 Å². The van der Waals surface area contributed by atoms with Gasteiger partial charge >= 0.3 is 0 Å². The largest absolute Gasteiger partial charge is 0.494 e. The number of hydrogen-bond donors (Lipinski definition) is 5. The number of carbonyl (C=O) groups excluding carboxylic acids is 5. The van der Waals surface area contributed by atoms with E-state index in [1.165, 1.54) is 31.4 Å². The minimum Gasteiger partial charge on any atom is -0.494 e. The van der Waals surface area contributed by atoms with Crippen molar-refractivity contribution < 1.29 is 33.4 Å². The van der Waals surface area contributed by atoms with Crippen molar-refractivity contribution in [2.24, 2.45) is 17.3 Å². The predicted octanol–water partition coefficient (Wildman–Crippen LogP) is 2.58. The van der Waals surface area contributed by atoms with Crippen LogP contribution in [0.4, 0.5) is 11.9 Å². The zero-order valence-electron chi connectivity index (χ0n) is 37.0. The summed E-state index contributed by atoms with van der Waals surface area (Å²) in [4.78, 5) is 76.6. The number of nitrogens with two attached hydrogens (primary N) is 3. The first-order chi connectivity index (χ1) is 31.2. The second kappa shape index (κ2) is 19.4. The molecule has 342 valence electrons. The zero-order valence-corrected chi connectivity index (χ0v) is 37.0. The lowest BCUT2D eigenvalue weighted by atomic mass is 10.1. The van der Waals surface area contributed by atoms with Gasteiger partial charge in [0, 0.05) is 69.9 Å². The first kappa shape index (κ1) is 45.4. The second-order valence-corrected chi connectivity index (χ2v) is 15.4. The van der Waals surface area contributed by atoms with E-state index in [0.29, 0.717) is 96.3 Å². The highest BCUT2D eigenvalue weighted by molar-refractivity contribution is 6.05. The molecule has 7 rings (SSSR count). The van der Waals surface area contributed by atoms with Gasteiger partial charge in [0.2, 0.25) is 29.6 Å². The van der Waals surface area contributed by atoms with Gasteiger partial charge in [0.1, 0.15) is 33.9 Å². The standard InChI is InChI=1S/C43H53N15O7/c1-6-57-31(19-25(3)51-57)40(62)49-42-47-29-21-27(38(44)60)23-33(64-5)36(29)55(42)12-8-9-13-56-37-30(48-43(56)50-41(63)32-20-26(4)52-58(32)7-2)22-28(39(45)61)24-34(37)65-18-10-11-35(59)53-14-16-54(46)17-15-53/h8-9,19-24H,6-7,10-18,46H2,1-5H3,(H2,44,60)(H2,45,61)(H,47,49,62)(H,48,50,63)/b9-8+. The van der Waals surface area contributed by atoms with E-state index >= 15 is 0 Å². The van der Waals surface area contributed by atoms with Gasteiger partial charge in [0.05, 0.1) is 36.1 Å². The van der Waals surface area contributed by atoms with E-state index in [2.05, 4.69) is 25.8 Å². The Hall–Kier alpha value is -7.59. The molecule has 0 bridgehead atoms. The number of carbonyl (C=O) groups is 5. The fourth-order valence-corrected chi connectivity index (χ4v) is 7.72. The molecule has 0 unspecified atom stereocenters. The number of methoxy groups -OCH3 is 1. The maximum absolute atomic E-state index is 13.8. The molecule has 0 atom stereocenters. The molecule has 22 nitrogen and oxygen atoms in total. The van der Waals surface area contributed by atoms with Crippen LogP contribution in [0, 0.1) is 13.8 Å². The van der Waals surface area contributed by atoms with Crippen LogP contribution < -0.4 is 37.4 Å². The summed E-state index contributed by atoms with van der Waals surface area (Å²) in [6.45, 7) is 10.9. The number of hydrogen-bond acceptors (Lipinski definition) is 13. The number of fused-ring (bicyclic) bond motifs is 2. The van der Waals surface area contributed by atoms with E-state index in [-0.39, 0.29) is 60.8 Å². The molecule has 1 saturated heterocycles. The van der Waals surface area contributed by atoms with Crippen molar-refractivity contribution in [2.45, 2.75) is 66.7 Å². The molecule has 22 heteroatoms. The van der Waals surface area contributed by atoms with Crippen LogP contribution >= 0.6 is 0 Å². The van der Waals surface area contributed by atoms with Gasteiger partial charge in [-0.15, -0.1) is 0 Å². The molecule has 0 saturated carbocycles. The van der Waals surface area contributed by atoms with E-state index in [1.54, 1.807) is 54.4 Å². The van der Waals surface area contributed by atoms with Crippen molar-refractivity contribution in [2.75, 3.05) is 50.5 Å². The third kappa shape index (κ3) is 9.82. The normalized spacial score (nSPS) is 13.2. The fourth-order valence-electron chi connectivity index (χ4n) is 7.72. The predicted molar refractivity (Wildman–Crippen MR) is 240 cm³/mol. The van der Waals surface area contributed by atoms with Crippen molar-refractivity contribution in [1.29, 1.82) is 0 Å². The van der Waals surface area contributed by atoms with Crippen molar-refractivity contribution in [3.05, 3.63) is 82.5 Å². The van der Waals surface area contributed by atoms with Gasteiger partial charge in [-0.2, -0.15) is 10.2 Å². The molecule has 2 aromatic carbocycles. The number of anilines is 2. The molecule has 6 aromatic rings. The Morgan fingerprint density at radius 2 is 1.18 bits per heavy atom. The number of nitrogens with zero attached hydrogens (tertiary/aromatic N) is 10. The van der Waals surface area contributed by atoms with Crippen LogP contribution in [-0.4, -0.2) is 118 Å². The Labute approximate surface area is 373 Å². The molecule has 4 aromatic heterocycles. The average Bonchev–Trinajstić information content (AvgIpc) is 4.05. The third-order valence-electron chi connectivity index (χ3n) is 10.9. The van der Waals surface area contributed by atoms with Crippen molar-refractivity contribution in [1.82, 2.24) is 48.6 Å². The minimum absolute atomic E-state index is 0.0125. The van der Waals surface area contributed by atoms with E-state index < -0.39 is 23.6 Å². The monoisotopic (exact) mass is 891 g/mol. The number of rotatable bonds is 18. The number of nitrogens with one attached hydrogen (secondary N) is 2. The van der Waals surface area contributed by atoms with E-state index in [0.717, 1.165) is 0 Å². The van der Waals surface area contributed by atoms with Crippen molar-refractivity contribution in [3.63, 3.8) is 0 Å². The number of hydrazine groups is 1. The highest BCUT2D eigenvalue weighted by Gasteiger charge is 2.24. The number of aryl methyl sites for hydroxylation is 4. The third-order valence-corrected chi connectivity index (χ3v) is 10.9. The Bertz CT molecular complexity index is 2830. The van der Waals surface area contributed by atoms with Crippen LogP contribution in [0.1, 0.15) is 79.8 Å². The molecule has 8 N–H and O–H groups in total. The van der Waals surface area contributed by atoms with Gasteiger partial charge in [-0.3, -0.25) is 49.8 Å². The van der Waals surface area contributed by atoms with Crippen LogP contribution in [-0.2, 0) is 31.0 Å². The lowest BCUT2D eigenvalue weighted by Crippen LogP contribution is -2.51. The van der Waals surface area contributed by atoms with Gasteiger partial charge < -0.3 is 35.0 Å². The Balaban J connectivity index is 1.23. The van der Waals surface area contributed by atoms with Crippen molar-refractivity contribution in [3.8, 4) is 11.5 Å². The first-order valence-electron chi connectivity index (χ1n) is 21.2. The molecular weight excluding hydrogens is 839 g/mol. The maximum atomic E-state index is 13.8. The number of piperazine rings is 1. The zero-order chi connectivity index (χ0) is 46.5. The van der Waals surface area contributed by atoms with E-state index in [9.17, 15) is 24.0 Å². The minimum atomic E-state index is -0.712. The lowest BCUT2D eigenvalue weighted by molar-refractivity contribution is -0.133. The summed E-state index contributed by atoms with van der Waals surface area (Å²) in [7, 11) is 1.45. The summed E-state index contributed by atoms with van der Waals surface area (Å²) in [6, 6.07) is 9.41. The Morgan fingerprint density at radius 1 is 0.708 bits per heavy atom. The highest BCUT2D eigenvalue weighted by atomic mass is 16.5. The molecule has 65 heavy (non-hydrogen) atoms. The van der Waals surface area contributed by atoms with E-state index in [4.69, 9.17) is 31.8 Å². The molecule has 0 spiro atoms. The number of primary amides is 2. The molecule has 5 amide bonds. The summed E-state index contributed by atoms with van der Waals surface area (Å²) in [5, 5.41) is 16.3. The summed E-state index contributed by atoms with van der Waals surface area (Å²) in [5.74, 6) is 4.41. The number of allylic oxidation sites excluding steroid dienone is 2. The van der Waals surface area contributed by atoms with Gasteiger partial charge in [-0.25, -0.2) is 15.0 Å². The summed E-state index contributed by atoms with van der Waals surface area (Å²) in [6.07, 6.45) is 4.25. The first-order valence-corrected chi connectivity index (χ1v) is 21.2. The Kier molecular flexibility index (Phi) is 13.6. The van der Waals surface area contributed by atoms with Gasteiger partial charge in [-0.1, -0.05) is 12.2 Å². The fraction of sp³-hybridized carbons (Fsp3) is 0.372. The highest BCUT2D eigenvalue weighted by Crippen LogP contribution is 2.33. The number of ether oxygens (including phenoxy) is 2. The summed E-state index contributed by atoms with van der Waals surface area (Å²) < 4.78 is 18.6. The molecule has 5 heterocycles. The maximum Gasteiger partial charge on any atom is 0.276 e. The van der Waals surface area contributed by atoms with Crippen LogP contribution in [0.2, 0.25) is 0 Å². The smallest absolute Gasteiger partial charge is 0.276 e. The summed E-state index contributed by atoms with van der Waals surface area (Å²) in [5.41, 5.74) is 15.3. The molecule has 0 aliphatic carbocycles. The SMILES string of the molecule is CCn1nc(C)cc1C(=O)Nc1nc2cc(C(N)=O)cc(OC)c2n1C/C=C/Cn1c(NC(=O)c2cc(C)nn2CC)nc2cc(C(N)=O)cc(OCCCC(=O)N3CCN(N)CC3)c21. The van der Waals surface area contributed by atoms with E-state index in [1.807, 2.05) is 26.0 Å². The van der Waals surface area contributed by atoms with Crippen LogP contribution in [0.15, 0.2) is 48.6 Å². The topological polar surface area (TPSA) is 284 Å². The average molecular weight is 892 g/mol. The number of aromatic nitrogens is 8. The van der Waals surface area contributed by atoms with Crippen LogP contribution in [0.25, 0.3) is 22.1 Å². The lowest BCUT2D eigenvalue weighted by Gasteiger charge is -2.32. The van der Waals surface area contributed by atoms with Gasteiger partial charge in [0.15, 0.2) is 0 Å². The molecular formula is C43H53N15O7. The Morgan fingerprint density at radius 3 is 1.65 bits per heavy atom. The molecule has 0 radical (unpaired) electrons.